The quantitative estimate of drug-likeness (QED) is 0.797. The topological polar surface area (TPSA) is 89.7 Å². The van der Waals surface area contributed by atoms with E-state index in [9.17, 15) is 13.2 Å². The highest BCUT2D eigenvalue weighted by Gasteiger charge is 2.21. The Labute approximate surface area is 113 Å². The maximum absolute atomic E-state index is 12.2. The minimum absolute atomic E-state index is 0.0516. The van der Waals surface area contributed by atoms with E-state index < -0.39 is 9.84 Å². The van der Waals surface area contributed by atoms with Gasteiger partial charge in [-0.3, -0.25) is 4.79 Å². The van der Waals surface area contributed by atoms with Gasteiger partial charge < -0.3 is 15.4 Å². The molecule has 0 heterocycles. The summed E-state index contributed by atoms with van der Waals surface area (Å²) in [6.45, 7) is 0. The van der Waals surface area contributed by atoms with Crippen molar-refractivity contribution in [1.29, 1.82) is 0 Å². The van der Waals surface area contributed by atoms with Crippen molar-refractivity contribution >= 4 is 21.4 Å². The molecule has 0 saturated heterocycles. The highest BCUT2D eigenvalue weighted by Crippen LogP contribution is 2.27. The molecule has 1 aromatic carbocycles. The Morgan fingerprint density at radius 2 is 2.00 bits per heavy atom. The molecule has 0 radical (unpaired) electrons. The molecule has 0 spiro atoms. The highest BCUT2D eigenvalue weighted by molar-refractivity contribution is 7.91. The second-order valence-corrected chi connectivity index (χ2v) is 6.34. The fraction of sp³-hybridized carbons (Fsp3) is 0.417. The molecule has 0 unspecified atom stereocenters. The van der Waals surface area contributed by atoms with Crippen LogP contribution in [-0.4, -0.2) is 46.2 Å². The van der Waals surface area contributed by atoms with E-state index in [-0.39, 0.29) is 28.7 Å². The van der Waals surface area contributed by atoms with E-state index in [0.29, 0.717) is 5.69 Å². The molecule has 0 atom stereocenters. The van der Waals surface area contributed by atoms with Crippen molar-refractivity contribution in [1.82, 2.24) is 4.90 Å². The number of sulfone groups is 1. The molecule has 1 amide bonds. The molecule has 0 aromatic heterocycles. The number of carbonyl (C=O) groups excluding carboxylic acids is 1. The third-order valence-electron chi connectivity index (χ3n) is 2.61. The van der Waals surface area contributed by atoms with E-state index in [1.54, 1.807) is 14.1 Å². The molecular formula is C12H18N2O4S. The van der Waals surface area contributed by atoms with Gasteiger partial charge in [0.25, 0.3) is 0 Å². The maximum atomic E-state index is 12.2. The second kappa shape index (κ2) is 5.92. The highest BCUT2D eigenvalue weighted by atomic mass is 32.2. The number of carbonyl (C=O) groups is 1. The van der Waals surface area contributed by atoms with E-state index in [4.69, 9.17) is 10.5 Å². The van der Waals surface area contributed by atoms with Crippen LogP contribution in [0.3, 0.4) is 0 Å². The lowest BCUT2D eigenvalue weighted by Crippen LogP contribution is -2.24. The Morgan fingerprint density at radius 3 is 2.53 bits per heavy atom. The van der Waals surface area contributed by atoms with Crippen molar-refractivity contribution < 1.29 is 17.9 Å². The lowest BCUT2D eigenvalue weighted by atomic mass is 10.3. The lowest BCUT2D eigenvalue weighted by molar-refractivity contribution is -0.128. The van der Waals surface area contributed by atoms with Gasteiger partial charge in [-0.25, -0.2) is 8.42 Å². The molecule has 1 rings (SSSR count). The first-order chi connectivity index (χ1) is 8.77. The van der Waals surface area contributed by atoms with Crippen LogP contribution in [-0.2, 0) is 14.6 Å². The third-order valence-corrected chi connectivity index (χ3v) is 4.36. The Morgan fingerprint density at radius 1 is 1.37 bits per heavy atom. The summed E-state index contributed by atoms with van der Waals surface area (Å²) in [4.78, 5) is 12.8. The number of hydrogen-bond acceptors (Lipinski definition) is 5. The third kappa shape index (κ3) is 3.85. The van der Waals surface area contributed by atoms with Crippen LogP contribution < -0.4 is 10.5 Å². The summed E-state index contributed by atoms with van der Waals surface area (Å²) < 4.78 is 29.3. The monoisotopic (exact) mass is 286 g/mol. The molecule has 0 aliphatic rings. The number of nitrogen functional groups attached to an aromatic ring is 1. The number of methoxy groups -OCH3 is 1. The van der Waals surface area contributed by atoms with Gasteiger partial charge in [-0.05, 0) is 12.1 Å². The zero-order valence-electron chi connectivity index (χ0n) is 11.2. The Kier molecular flexibility index (Phi) is 4.77. The van der Waals surface area contributed by atoms with E-state index in [1.807, 2.05) is 0 Å². The fourth-order valence-corrected chi connectivity index (χ4v) is 2.88. The van der Waals surface area contributed by atoms with Crippen molar-refractivity contribution in [3.63, 3.8) is 0 Å². The summed E-state index contributed by atoms with van der Waals surface area (Å²) in [5.41, 5.74) is 5.99. The van der Waals surface area contributed by atoms with Crippen LogP contribution in [0.5, 0.6) is 5.75 Å². The predicted molar refractivity (Wildman–Crippen MR) is 72.8 cm³/mol. The number of nitrogens with zero attached hydrogens (tertiary/aromatic N) is 1. The van der Waals surface area contributed by atoms with Crippen molar-refractivity contribution in [2.24, 2.45) is 0 Å². The number of rotatable bonds is 5. The zero-order valence-corrected chi connectivity index (χ0v) is 12.0. The van der Waals surface area contributed by atoms with Gasteiger partial charge in [-0.1, -0.05) is 0 Å². The first kappa shape index (κ1) is 15.3. The minimum Gasteiger partial charge on any atom is -0.495 e. The standard InChI is InChI=1S/C12H18N2O4S/c1-14(2)12(15)6-7-19(16,17)11-5-4-9(13)8-10(11)18-3/h4-5,8H,6-7,13H2,1-3H3. The summed E-state index contributed by atoms with van der Waals surface area (Å²) in [6.07, 6.45) is -0.0666. The van der Waals surface area contributed by atoms with Crippen LogP contribution in [0.2, 0.25) is 0 Å². The number of hydrogen-bond donors (Lipinski definition) is 1. The first-order valence-corrected chi connectivity index (χ1v) is 7.29. The molecule has 0 bridgehead atoms. The van der Waals surface area contributed by atoms with Gasteiger partial charge in [0.15, 0.2) is 9.84 Å². The van der Waals surface area contributed by atoms with Crippen LogP contribution in [0.25, 0.3) is 0 Å². The molecule has 0 saturated carbocycles. The number of benzene rings is 1. The van der Waals surface area contributed by atoms with Crippen LogP contribution in [0.1, 0.15) is 6.42 Å². The zero-order chi connectivity index (χ0) is 14.6. The summed E-state index contributed by atoms with van der Waals surface area (Å²) >= 11 is 0. The second-order valence-electron chi connectivity index (χ2n) is 4.27. The number of amides is 1. The van der Waals surface area contributed by atoms with Gasteiger partial charge in [0, 0.05) is 32.3 Å². The van der Waals surface area contributed by atoms with Crippen molar-refractivity contribution in [2.45, 2.75) is 11.3 Å². The van der Waals surface area contributed by atoms with Crippen LogP contribution in [0, 0.1) is 0 Å². The predicted octanol–water partition coefficient (Wildman–Crippen LogP) is 0.529. The van der Waals surface area contributed by atoms with Crippen molar-refractivity contribution in [3.8, 4) is 5.75 Å². The van der Waals surface area contributed by atoms with Crippen LogP contribution in [0.4, 0.5) is 5.69 Å². The van der Waals surface area contributed by atoms with E-state index in [0.717, 1.165) is 0 Å². The molecule has 0 fully saturated rings. The van der Waals surface area contributed by atoms with Crippen LogP contribution >= 0.6 is 0 Å². The molecule has 2 N–H and O–H groups in total. The molecule has 19 heavy (non-hydrogen) atoms. The largest absolute Gasteiger partial charge is 0.495 e. The molecule has 0 aliphatic heterocycles. The normalized spacial score (nSPS) is 11.1. The summed E-state index contributed by atoms with van der Waals surface area (Å²) in [6, 6.07) is 4.33. The van der Waals surface area contributed by atoms with Gasteiger partial charge in [0.1, 0.15) is 10.6 Å². The molecular weight excluding hydrogens is 268 g/mol. The Balaban J connectivity index is 2.98. The number of ether oxygens (including phenoxy) is 1. The SMILES string of the molecule is COc1cc(N)ccc1S(=O)(=O)CCC(=O)N(C)C. The Bertz CT molecular complexity index is 567. The van der Waals surface area contributed by atoms with E-state index >= 15 is 0 Å². The van der Waals surface area contributed by atoms with E-state index in [2.05, 4.69) is 0 Å². The molecule has 1 aromatic rings. The number of anilines is 1. The molecule has 0 aliphatic carbocycles. The first-order valence-electron chi connectivity index (χ1n) is 5.64. The maximum Gasteiger partial charge on any atom is 0.223 e. The number of nitrogens with two attached hydrogens (primary N) is 1. The summed E-state index contributed by atoms with van der Waals surface area (Å²) in [5, 5.41) is 0. The van der Waals surface area contributed by atoms with Crippen molar-refractivity contribution in [3.05, 3.63) is 18.2 Å². The van der Waals surface area contributed by atoms with Gasteiger partial charge >= 0.3 is 0 Å². The lowest BCUT2D eigenvalue weighted by Gasteiger charge is -2.12. The minimum atomic E-state index is -3.58. The Hall–Kier alpha value is -1.76. The fourth-order valence-electron chi connectivity index (χ4n) is 1.50. The molecule has 7 heteroatoms. The van der Waals surface area contributed by atoms with Gasteiger partial charge in [-0.15, -0.1) is 0 Å². The van der Waals surface area contributed by atoms with E-state index in [1.165, 1.54) is 30.2 Å². The van der Waals surface area contributed by atoms with Gasteiger partial charge in [0.05, 0.1) is 12.9 Å². The smallest absolute Gasteiger partial charge is 0.223 e. The summed E-state index contributed by atoms with van der Waals surface area (Å²) in [5.74, 6) is -0.306. The average molecular weight is 286 g/mol. The summed E-state index contributed by atoms with van der Waals surface area (Å²) in [7, 11) is 0.962. The van der Waals surface area contributed by atoms with Gasteiger partial charge in [0.2, 0.25) is 5.91 Å². The average Bonchev–Trinajstić information content (AvgIpc) is 2.35. The molecule has 6 nitrogen and oxygen atoms in total. The molecule has 106 valence electrons. The van der Waals surface area contributed by atoms with Crippen LogP contribution in [0.15, 0.2) is 23.1 Å². The van der Waals surface area contributed by atoms with Crippen molar-refractivity contribution in [2.75, 3.05) is 32.7 Å². The van der Waals surface area contributed by atoms with Gasteiger partial charge in [-0.2, -0.15) is 0 Å².